The lowest BCUT2D eigenvalue weighted by molar-refractivity contribution is 0.895. The standard InChI is InChI=1S/C17H21P/c1-3-4-13-18-17-12-8-11-16(14(17)2)15-9-6-5-7-10-15/h5-12,18H,3-4,13H2,1-2H3. The summed E-state index contributed by atoms with van der Waals surface area (Å²) in [4.78, 5) is 0. The van der Waals surface area contributed by atoms with Gasteiger partial charge in [0.15, 0.2) is 0 Å². The zero-order valence-electron chi connectivity index (χ0n) is 11.2. The molecule has 0 saturated carbocycles. The third-order valence-corrected chi connectivity index (χ3v) is 4.79. The minimum Gasteiger partial charge on any atom is -0.0901 e. The summed E-state index contributed by atoms with van der Waals surface area (Å²) < 4.78 is 0. The Kier molecular flexibility index (Phi) is 4.96. The number of rotatable bonds is 5. The molecule has 0 fully saturated rings. The molecule has 1 atom stereocenters. The van der Waals surface area contributed by atoms with Crippen LogP contribution in [-0.2, 0) is 0 Å². The molecule has 0 amide bonds. The summed E-state index contributed by atoms with van der Waals surface area (Å²) >= 11 is 0. The summed E-state index contributed by atoms with van der Waals surface area (Å²) in [5.41, 5.74) is 4.17. The Labute approximate surface area is 112 Å². The van der Waals surface area contributed by atoms with Gasteiger partial charge >= 0.3 is 0 Å². The first kappa shape index (κ1) is 13.3. The normalized spacial score (nSPS) is 11.2. The maximum absolute atomic E-state index is 2.29. The summed E-state index contributed by atoms with van der Waals surface area (Å²) in [6.45, 7) is 4.52. The average Bonchev–Trinajstić information content (AvgIpc) is 2.42. The Hall–Kier alpha value is -1.13. The number of hydrogen-bond acceptors (Lipinski definition) is 0. The number of hydrogen-bond donors (Lipinski definition) is 0. The van der Waals surface area contributed by atoms with Crippen molar-refractivity contribution in [2.45, 2.75) is 26.7 Å². The molecule has 0 aliphatic heterocycles. The monoisotopic (exact) mass is 256 g/mol. The van der Waals surface area contributed by atoms with E-state index in [0.717, 1.165) is 8.58 Å². The highest BCUT2D eigenvalue weighted by Crippen LogP contribution is 2.25. The van der Waals surface area contributed by atoms with E-state index in [1.54, 1.807) is 0 Å². The van der Waals surface area contributed by atoms with Gasteiger partial charge in [0.25, 0.3) is 0 Å². The third kappa shape index (κ3) is 3.21. The van der Waals surface area contributed by atoms with Crippen molar-refractivity contribution in [3.8, 4) is 11.1 Å². The highest BCUT2D eigenvalue weighted by atomic mass is 31.1. The zero-order chi connectivity index (χ0) is 12.8. The molecule has 18 heavy (non-hydrogen) atoms. The van der Waals surface area contributed by atoms with Crippen LogP contribution in [0.4, 0.5) is 0 Å². The van der Waals surface area contributed by atoms with Crippen molar-refractivity contribution in [2.24, 2.45) is 0 Å². The minimum absolute atomic E-state index is 0.951. The van der Waals surface area contributed by atoms with Crippen LogP contribution < -0.4 is 5.30 Å². The van der Waals surface area contributed by atoms with Gasteiger partial charge in [0.2, 0.25) is 0 Å². The Morgan fingerprint density at radius 3 is 2.44 bits per heavy atom. The van der Waals surface area contributed by atoms with Crippen LogP contribution in [0, 0.1) is 6.92 Å². The number of benzene rings is 2. The van der Waals surface area contributed by atoms with Gasteiger partial charge in [-0.1, -0.05) is 70.5 Å². The predicted molar refractivity (Wildman–Crippen MR) is 84.3 cm³/mol. The maximum atomic E-state index is 2.29. The van der Waals surface area contributed by atoms with Crippen molar-refractivity contribution < 1.29 is 0 Å². The molecule has 0 heterocycles. The van der Waals surface area contributed by atoms with Gasteiger partial charge < -0.3 is 0 Å². The largest absolute Gasteiger partial charge is 0.0901 e. The van der Waals surface area contributed by atoms with Crippen LogP contribution in [0.25, 0.3) is 11.1 Å². The molecule has 1 unspecified atom stereocenters. The van der Waals surface area contributed by atoms with Gasteiger partial charge in [-0.25, -0.2) is 0 Å². The minimum atomic E-state index is 0.951. The van der Waals surface area contributed by atoms with E-state index < -0.39 is 0 Å². The second-order valence-electron chi connectivity index (χ2n) is 4.62. The van der Waals surface area contributed by atoms with Gasteiger partial charge in [0, 0.05) is 0 Å². The summed E-state index contributed by atoms with van der Waals surface area (Å²) in [7, 11) is 0.951. The lowest BCUT2D eigenvalue weighted by atomic mass is 10.0. The average molecular weight is 256 g/mol. The van der Waals surface area contributed by atoms with Crippen molar-refractivity contribution in [3.63, 3.8) is 0 Å². The fourth-order valence-corrected chi connectivity index (χ4v) is 3.57. The summed E-state index contributed by atoms with van der Waals surface area (Å²) in [6, 6.07) is 17.4. The lowest BCUT2D eigenvalue weighted by Crippen LogP contribution is -2.02. The molecule has 1 heteroatoms. The molecule has 2 aromatic carbocycles. The molecular formula is C17H21P. The van der Waals surface area contributed by atoms with Crippen molar-refractivity contribution in [1.29, 1.82) is 0 Å². The maximum Gasteiger partial charge on any atom is -0.0148 e. The van der Waals surface area contributed by atoms with Crippen LogP contribution in [0.1, 0.15) is 25.3 Å². The van der Waals surface area contributed by atoms with E-state index in [4.69, 9.17) is 0 Å². The Balaban J connectivity index is 2.25. The highest BCUT2D eigenvalue weighted by molar-refractivity contribution is 7.47. The smallest absolute Gasteiger partial charge is 0.0148 e. The molecule has 2 rings (SSSR count). The molecule has 0 saturated heterocycles. The summed E-state index contributed by atoms with van der Waals surface area (Å²) in [6.07, 6.45) is 3.97. The van der Waals surface area contributed by atoms with Gasteiger partial charge in [0.05, 0.1) is 0 Å². The third-order valence-electron chi connectivity index (χ3n) is 3.26. The number of unbranched alkanes of at least 4 members (excludes halogenated alkanes) is 1. The molecule has 0 radical (unpaired) electrons. The summed E-state index contributed by atoms with van der Waals surface area (Å²) in [5, 5.41) is 1.53. The lowest BCUT2D eigenvalue weighted by Gasteiger charge is -2.11. The van der Waals surface area contributed by atoms with Crippen LogP contribution in [0.3, 0.4) is 0 Å². The molecule has 0 N–H and O–H groups in total. The van der Waals surface area contributed by atoms with Gasteiger partial charge in [-0.2, -0.15) is 0 Å². The molecule has 0 nitrogen and oxygen atoms in total. The second kappa shape index (κ2) is 6.71. The van der Waals surface area contributed by atoms with E-state index >= 15 is 0 Å². The molecule has 0 spiro atoms. The molecule has 2 aromatic rings. The van der Waals surface area contributed by atoms with Crippen LogP contribution >= 0.6 is 8.58 Å². The fraction of sp³-hybridized carbons (Fsp3) is 0.294. The molecule has 0 bridgehead atoms. The SMILES string of the molecule is CCCCPc1cccc(-c2ccccc2)c1C. The van der Waals surface area contributed by atoms with Gasteiger partial charge in [-0.05, 0) is 41.5 Å². The van der Waals surface area contributed by atoms with E-state index in [-0.39, 0.29) is 0 Å². The van der Waals surface area contributed by atoms with Crippen LogP contribution in [0.5, 0.6) is 0 Å². The van der Waals surface area contributed by atoms with E-state index in [9.17, 15) is 0 Å². The van der Waals surface area contributed by atoms with Crippen molar-refractivity contribution in [3.05, 3.63) is 54.1 Å². The molecule has 0 aliphatic rings. The van der Waals surface area contributed by atoms with Gasteiger partial charge in [-0.15, -0.1) is 0 Å². The first-order chi connectivity index (χ1) is 8.83. The quantitative estimate of drug-likeness (QED) is 0.534. The van der Waals surface area contributed by atoms with Crippen LogP contribution in [0.2, 0.25) is 0 Å². The van der Waals surface area contributed by atoms with Gasteiger partial charge in [-0.3, -0.25) is 0 Å². The van der Waals surface area contributed by atoms with Crippen molar-refractivity contribution >= 4 is 13.9 Å². The first-order valence-electron chi connectivity index (χ1n) is 6.72. The Morgan fingerprint density at radius 2 is 1.72 bits per heavy atom. The predicted octanol–water partition coefficient (Wildman–Crippen LogP) is 4.77. The molecule has 0 aliphatic carbocycles. The highest BCUT2D eigenvalue weighted by Gasteiger charge is 2.05. The van der Waals surface area contributed by atoms with Crippen LogP contribution in [0.15, 0.2) is 48.5 Å². The van der Waals surface area contributed by atoms with E-state index in [1.165, 1.54) is 41.0 Å². The van der Waals surface area contributed by atoms with Gasteiger partial charge in [0.1, 0.15) is 0 Å². The first-order valence-corrected chi connectivity index (χ1v) is 7.92. The van der Waals surface area contributed by atoms with E-state index in [1.807, 2.05) is 0 Å². The Bertz CT molecular complexity index is 488. The van der Waals surface area contributed by atoms with Crippen molar-refractivity contribution in [1.82, 2.24) is 0 Å². The fourth-order valence-electron chi connectivity index (χ4n) is 2.16. The molecule has 94 valence electrons. The van der Waals surface area contributed by atoms with E-state index in [2.05, 4.69) is 62.4 Å². The summed E-state index contributed by atoms with van der Waals surface area (Å²) in [5.74, 6) is 0. The zero-order valence-corrected chi connectivity index (χ0v) is 12.2. The second-order valence-corrected chi connectivity index (χ2v) is 6.02. The molecule has 0 aromatic heterocycles. The molecular weight excluding hydrogens is 235 g/mol. The van der Waals surface area contributed by atoms with Crippen molar-refractivity contribution in [2.75, 3.05) is 6.16 Å². The van der Waals surface area contributed by atoms with E-state index in [0.29, 0.717) is 0 Å². The van der Waals surface area contributed by atoms with Crippen LogP contribution in [-0.4, -0.2) is 6.16 Å². The topological polar surface area (TPSA) is 0 Å². The Morgan fingerprint density at radius 1 is 0.944 bits per heavy atom.